The van der Waals surface area contributed by atoms with Gasteiger partial charge in [-0.05, 0) is 36.1 Å². The highest BCUT2D eigenvalue weighted by atomic mass is 35.5. The first kappa shape index (κ1) is 21.8. The Balaban J connectivity index is 0.00000156. The van der Waals surface area contributed by atoms with Crippen LogP contribution in [0, 0.1) is 11.7 Å². The lowest BCUT2D eigenvalue weighted by molar-refractivity contribution is 0.102. The summed E-state index contributed by atoms with van der Waals surface area (Å²) in [5, 5.41) is 8.52. The summed E-state index contributed by atoms with van der Waals surface area (Å²) in [5.74, 6) is -0.192. The van der Waals surface area contributed by atoms with Crippen molar-refractivity contribution in [3.63, 3.8) is 0 Å². The largest absolute Gasteiger partial charge is 0.318 e. The number of anilines is 1. The minimum Gasteiger partial charge on any atom is -0.318 e. The predicted octanol–water partition coefficient (Wildman–Crippen LogP) is 4.22. The molecule has 2 heterocycles. The number of hydrogen-bond donors (Lipinski definition) is 2. The van der Waals surface area contributed by atoms with E-state index in [1.807, 2.05) is 6.07 Å². The normalized spacial score (nSPS) is 12.8. The number of amides is 1. The molecule has 3 rings (SSSR count). The van der Waals surface area contributed by atoms with E-state index in [0.29, 0.717) is 30.1 Å². The highest BCUT2D eigenvalue weighted by Crippen LogP contribution is 2.25. The van der Waals surface area contributed by atoms with E-state index < -0.39 is 0 Å². The number of thiazole rings is 1. The van der Waals surface area contributed by atoms with Gasteiger partial charge >= 0.3 is 0 Å². The molecule has 0 saturated heterocycles. The van der Waals surface area contributed by atoms with Gasteiger partial charge in [-0.3, -0.25) is 4.79 Å². The van der Waals surface area contributed by atoms with Crippen molar-refractivity contribution in [2.45, 2.75) is 33.2 Å². The molecule has 0 radical (unpaired) electrons. The van der Waals surface area contributed by atoms with Gasteiger partial charge in [0.15, 0.2) is 0 Å². The number of aromatic nitrogens is 1. The third-order valence-electron chi connectivity index (χ3n) is 3.82. The molecular weight excluding hydrogens is 384 g/mol. The second-order valence-corrected chi connectivity index (χ2v) is 7.11. The number of benzene rings is 1. The molecule has 1 aliphatic heterocycles. The standard InChI is InChI=1S/C17H20FN3OS.2ClH/c1-10(2)7-15-20-14(9-23-15)17(22)21-13-4-3-11-8-19-6-5-12(11)16(13)18;;/h3-4,9-10,19H,5-8H2,1-2H3,(H,21,22);2*1H. The molecule has 2 N–H and O–H groups in total. The first-order valence-corrected chi connectivity index (χ1v) is 8.69. The molecule has 0 spiro atoms. The Morgan fingerprint density at radius 3 is 2.88 bits per heavy atom. The number of rotatable bonds is 4. The predicted molar refractivity (Wildman–Crippen MR) is 105 cm³/mol. The number of carbonyl (C=O) groups is 1. The zero-order valence-corrected chi connectivity index (χ0v) is 16.5. The summed E-state index contributed by atoms with van der Waals surface area (Å²) in [6, 6.07) is 3.49. The van der Waals surface area contributed by atoms with Crippen molar-refractivity contribution in [2.75, 3.05) is 11.9 Å². The van der Waals surface area contributed by atoms with E-state index in [0.717, 1.165) is 23.5 Å². The van der Waals surface area contributed by atoms with E-state index in [1.165, 1.54) is 11.3 Å². The van der Waals surface area contributed by atoms with E-state index in [-0.39, 0.29) is 42.2 Å². The first-order chi connectivity index (χ1) is 11.0. The Kier molecular flexibility index (Phi) is 8.28. The van der Waals surface area contributed by atoms with Crippen LogP contribution in [-0.4, -0.2) is 17.4 Å². The third-order valence-corrected chi connectivity index (χ3v) is 4.69. The van der Waals surface area contributed by atoms with Crippen LogP contribution in [0.4, 0.5) is 10.1 Å². The molecule has 0 unspecified atom stereocenters. The van der Waals surface area contributed by atoms with Gasteiger partial charge in [0.05, 0.1) is 10.7 Å². The summed E-state index contributed by atoms with van der Waals surface area (Å²) in [4.78, 5) is 16.6. The number of halogens is 3. The van der Waals surface area contributed by atoms with Crippen molar-refractivity contribution in [2.24, 2.45) is 5.92 Å². The second-order valence-electron chi connectivity index (χ2n) is 6.17. The van der Waals surface area contributed by atoms with Gasteiger partial charge in [-0.25, -0.2) is 9.37 Å². The number of hydrogen-bond acceptors (Lipinski definition) is 4. The number of nitrogens with one attached hydrogen (secondary N) is 2. The summed E-state index contributed by atoms with van der Waals surface area (Å²) >= 11 is 1.47. The lowest BCUT2D eigenvalue weighted by Gasteiger charge is -2.19. The molecule has 25 heavy (non-hydrogen) atoms. The van der Waals surface area contributed by atoms with Gasteiger partial charge < -0.3 is 10.6 Å². The molecule has 2 aromatic rings. The van der Waals surface area contributed by atoms with Gasteiger partial charge in [-0.2, -0.15) is 0 Å². The second kappa shape index (κ2) is 9.48. The topological polar surface area (TPSA) is 54.0 Å². The van der Waals surface area contributed by atoms with Crippen LogP contribution in [0.2, 0.25) is 0 Å². The monoisotopic (exact) mass is 405 g/mol. The van der Waals surface area contributed by atoms with Gasteiger partial charge in [0.2, 0.25) is 0 Å². The fraction of sp³-hybridized carbons (Fsp3) is 0.412. The molecule has 0 bridgehead atoms. The van der Waals surface area contributed by atoms with E-state index in [9.17, 15) is 9.18 Å². The van der Waals surface area contributed by atoms with Crippen LogP contribution >= 0.6 is 36.2 Å². The van der Waals surface area contributed by atoms with E-state index in [2.05, 4.69) is 29.5 Å². The SMILES string of the molecule is CC(C)Cc1nc(C(=O)Nc2ccc3c(c2F)CCNC3)cs1.Cl.Cl. The Morgan fingerprint density at radius 2 is 2.16 bits per heavy atom. The molecule has 1 amide bonds. The van der Waals surface area contributed by atoms with Gasteiger partial charge in [0, 0.05) is 18.3 Å². The molecule has 0 fully saturated rings. The summed E-state index contributed by atoms with van der Waals surface area (Å²) in [7, 11) is 0. The quantitative estimate of drug-likeness (QED) is 0.800. The van der Waals surface area contributed by atoms with Gasteiger partial charge in [-0.1, -0.05) is 19.9 Å². The molecule has 138 valence electrons. The molecule has 1 aromatic carbocycles. The number of nitrogens with zero attached hydrogens (tertiary/aromatic N) is 1. The summed E-state index contributed by atoms with van der Waals surface area (Å²) in [6.45, 7) is 5.65. The Bertz CT molecular complexity index is 737. The van der Waals surface area contributed by atoms with Crippen LogP contribution in [0.5, 0.6) is 0 Å². The highest BCUT2D eigenvalue weighted by molar-refractivity contribution is 7.09. The molecule has 1 aliphatic rings. The lowest BCUT2D eigenvalue weighted by atomic mass is 9.99. The van der Waals surface area contributed by atoms with Crippen LogP contribution in [0.25, 0.3) is 0 Å². The van der Waals surface area contributed by atoms with Crippen molar-refractivity contribution in [1.29, 1.82) is 0 Å². The van der Waals surface area contributed by atoms with Gasteiger partial charge in [-0.15, -0.1) is 36.2 Å². The zero-order valence-electron chi connectivity index (χ0n) is 14.1. The highest BCUT2D eigenvalue weighted by Gasteiger charge is 2.19. The fourth-order valence-electron chi connectivity index (χ4n) is 2.67. The van der Waals surface area contributed by atoms with Crippen LogP contribution in [0.3, 0.4) is 0 Å². The van der Waals surface area contributed by atoms with Crippen LogP contribution in [0.15, 0.2) is 17.5 Å². The third kappa shape index (κ3) is 5.14. The molecule has 0 saturated carbocycles. The van der Waals surface area contributed by atoms with Crippen molar-refractivity contribution in [3.8, 4) is 0 Å². The summed E-state index contributed by atoms with van der Waals surface area (Å²) in [5.41, 5.74) is 2.23. The molecule has 1 aromatic heterocycles. The zero-order chi connectivity index (χ0) is 16.4. The van der Waals surface area contributed by atoms with Crippen molar-refractivity contribution < 1.29 is 9.18 Å². The Hall–Kier alpha value is -1.21. The number of fused-ring (bicyclic) bond motifs is 1. The smallest absolute Gasteiger partial charge is 0.275 e. The van der Waals surface area contributed by atoms with E-state index >= 15 is 0 Å². The average molecular weight is 406 g/mol. The van der Waals surface area contributed by atoms with Crippen molar-refractivity contribution >= 4 is 47.7 Å². The Labute approximate surface area is 163 Å². The molecule has 8 heteroatoms. The Morgan fingerprint density at radius 1 is 1.40 bits per heavy atom. The van der Waals surface area contributed by atoms with Crippen molar-refractivity contribution in [1.82, 2.24) is 10.3 Å². The lowest BCUT2D eigenvalue weighted by Crippen LogP contribution is -2.25. The molecule has 0 atom stereocenters. The number of carbonyl (C=O) groups excluding carboxylic acids is 1. The van der Waals surface area contributed by atoms with Gasteiger partial charge in [0.1, 0.15) is 11.5 Å². The van der Waals surface area contributed by atoms with Crippen molar-refractivity contribution in [3.05, 3.63) is 45.2 Å². The fourth-order valence-corrected chi connectivity index (χ4v) is 3.66. The first-order valence-electron chi connectivity index (χ1n) is 7.81. The van der Waals surface area contributed by atoms with Crippen LogP contribution < -0.4 is 10.6 Å². The molecule has 4 nitrogen and oxygen atoms in total. The summed E-state index contributed by atoms with van der Waals surface area (Å²) < 4.78 is 14.5. The van der Waals surface area contributed by atoms with Gasteiger partial charge in [0.25, 0.3) is 5.91 Å². The molecular formula is C17H22Cl2FN3OS. The summed E-state index contributed by atoms with van der Waals surface area (Å²) in [6.07, 6.45) is 1.48. The van der Waals surface area contributed by atoms with Crippen LogP contribution in [0.1, 0.15) is 40.5 Å². The van der Waals surface area contributed by atoms with Crippen LogP contribution in [-0.2, 0) is 19.4 Å². The minimum absolute atomic E-state index is 0. The maximum atomic E-state index is 14.5. The maximum absolute atomic E-state index is 14.5. The van der Waals surface area contributed by atoms with E-state index in [1.54, 1.807) is 11.4 Å². The van der Waals surface area contributed by atoms with E-state index in [4.69, 9.17) is 0 Å². The maximum Gasteiger partial charge on any atom is 0.275 e. The minimum atomic E-state index is -0.357. The molecule has 0 aliphatic carbocycles. The average Bonchev–Trinajstić information content (AvgIpc) is 2.98.